The molecule has 1 aromatic carbocycles. The number of amides is 1. The van der Waals surface area contributed by atoms with E-state index in [1.54, 1.807) is 11.3 Å². The van der Waals surface area contributed by atoms with E-state index in [1.165, 1.54) is 0 Å². The zero-order valence-electron chi connectivity index (χ0n) is 11.5. The van der Waals surface area contributed by atoms with Gasteiger partial charge in [-0.05, 0) is 18.9 Å². The number of hydrogen-bond donors (Lipinski definition) is 2. The molecule has 0 aliphatic heterocycles. The van der Waals surface area contributed by atoms with E-state index in [4.69, 9.17) is 5.73 Å². The Bertz CT molecular complexity index is 553. The van der Waals surface area contributed by atoms with Crippen molar-refractivity contribution in [2.24, 2.45) is 5.73 Å². The van der Waals surface area contributed by atoms with Crippen LogP contribution >= 0.6 is 11.3 Å². The lowest BCUT2D eigenvalue weighted by molar-refractivity contribution is -0.122. The van der Waals surface area contributed by atoms with E-state index in [0.717, 1.165) is 22.7 Å². The Kier molecular flexibility index (Phi) is 5.26. The summed E-state index contributed by atoms with van der Waals surface area (Å²) in [6, 6.07) is 9.30. The lowest BCUT2D eigenvalue weighted by atomic mass is 10.1. The highest BCUT2D eigenvalue weighted by Gasteiger charge is 2.13. The number of thiazole rings is 1. The standard InChI is InChI=1S/C15H19N3OS/c1-11-18-13(10-20-11)7-8-17-15(19)14(16)9-12-5-3-2-4-6-12/h2-6,10,14H,7-9,16H2,1H3,(H,17,19)/t14-/m1/s1. The quantitative estimate of drug-likeness (QED) is 0.850. The Balaban J connectivity index is 1.74. The minimum absolute atomic E-state index is 0.110. The monoisotopic (exact) mass is 289 g/mol. The Labute approximate surface area is 123 Å². The number of benzene rings is 1. The van der Waals surface area contributed by atoms with Gasteiger partial charge in [0.25, 0.3) is 0 Å². The zero-order chi connectivity index (χ0) is 14.4. The van der Waals surface area contributed by atoms with Crippen LogP contribution in [0.4, 0.5) is 0 Å². The van der Waals surface area contributed by atoms with Gasteiger partial charge in [-0.3, -0.25) is 4.79 Å². The predicted molar refractivity (Wildman–Crippen MR) is 81.7 cm³/mol. The third-order valence-corrected chi connectivity index (χ3v) is 3.80. The normalized spacial score (nSPS) is 12.1. The van der Waals surface area contributed by atoms with Crippen LogP contribution in [-0.2, 0) is 17.6 Å². The van der Waals surface area contributed by atoms with Crippen LogP contribution in [0.3, 0.4) is 0 Å². The fourth-order valence-corrected chi connectivity index (χ4v) is 2.58. The first-order valence-corrected chi connectivity index (χ1v) is 7.51. The molecule has 0 aliphatic carbocycles. The Hall–Kier alpha value is -1.72. The molecule has 1 amide bonds. The second-order valence-corrected chi connectivity index (χ2v) is 5.76. The van der Waals surface area contributed by atoms with Gasteiger partial charge in [0.1, 0.15) is 0 Å². The first-order chi connectivity index (χ1) is 9.65. The molecule has 0 bridgehead atoms. The molecule has 0 unspecified atom stereocenters. The van der Waals surface area contributed by atoms with Crippen LogP contribution in [0, 0.1) is 6.92 Å². The molecule has 0 saturated carbocycles. The van der Waals surface area contributed by atoms with Crippen LogP contribution in [0.1, 0.15) is 16.3 Å². The fraction of sp³-hybridized carbons (Fsp3) is 0.333. The lowest BCUT2D eigenvalue weighted by Crippen LogP contribution is -2.42. The van der Waals surface area contributed by atoms with Crippen molar-refractivity contribution in [1.82, 2.24) is 10.3 Å². The number of nitrogens with one attached hydrogen (secondary N) is 1. The lowest BCUT2D eigenvalue weighted by Gasteiger charge is -2.11. The summed E-state index contributed by atoms with van der Waals surface area (Å²) < 4.78 is 0. The number of nitrogens with two attached hydrogens (primary N) is 1. The van der Waals surface area contributed by atoms with Crippen molar-refractivity contribution in [3.8, 4) is 0 Å². The third kappa shape index (κ3) is 4.43. The SMILES string of the molecule is Cc1nc(CCNC(=O)[C@H](N)Cc2ccccc2)cs1. The molecule has 1 aromatic heterocycles. The van der Waals surface area contributed by atoms with Crippen molar-refractivity contribution in [2.75, 3.05) is 6.54 Å². The summed E-state index contributed by atoms with van der Waals surface area (Å²) in [4.78, 5) is 16.2. The molecule has 2 aromatic rings. The topological polar surface area (TPSA) is 68.0 Å². The van der Waals surface area contributed by atoms with Crippen molar-refractivity contribution < 1.29 is 4.79 Å². The molecule has 4 nitrogen and oxygen atoms in total. The van der Waals surface area contributed by atoms with E-state index in [9.17, 15) is 4.79 Å². The Morgan fingerprint density at radius 3 is 2.80 bits per heavy atom. The van der Waals surface area contributed by atoms with Crippen molar-refractivity contribution in [1.29, 1.82) is 0 Å². The van der Waals surface area contributed by atoms with Crippen LogP contribution < -0.4 is 11.1 Å². The smallest absolute Gasteiger partial charge is 0.237 e. The maximum absolute atomic E-state index is 11.9. The molecule has 20 heavy (non-hydrogen) atoms. The third-order valence-electron chi connectivity index (χ3n) is 2.98. The number of aromatic nitrogens is 1. The van der Waals surface area contributed by atoms with Crippen LogP contribution in [0.5, 0.6) is 0 Å². The molecule has 106 valence electrons. The Morgan fingerprint density at radius 1 is 1.40 bits per heavy atom. The first-order valence-electron chi connectivity index (χ1n) is 6.63. The maximum atomic E-state index is 11.9. The minimum atomic E-state index is -0.505. The number of aryl methyl sites for hydroxylation is 1. The average molecular weight is 289 g/mol. The van der Waals surface area contributed by atoms with Crippen molar-refractivity contribution in [3.63, 3.8) is 0 Å². The van der Waals surface area contributed by atoms with Gasteiger partial charge >= 0.3 is 0 Å². The summed E-state index contributed by atoms with van der Waals surface area (Å²) in [5, 5.41) is 5.93. The molecular formula is C15H19N3OS. The van der Waals surface area contributed by atoms with Crippen LogP contribution in [0.15, 0.2) is 35.7 Å². The first kappa shape index (κ1) is 14.7. The molecule has 5 heteroatoms. The van der Waals surface area contributed by atoms with Gasteiger partial charge in [-0.25, -0.2) is 4.98 Å². The van der Waals surface area contributed by atoms with Gasteiger partial charge in [0, 0.05) is 18.3 Å². The molecule has 0 saturated heterocycles. The molecule has 1 heterocycles. The van der Waals surface area contributed by atoms with Gasteiger partial charge in [-0.15, -0.1) is 11.3 Å². The van der Waals surface area contributed by atoms with Gasteiger partial charge in [-0.2, -0.15) is 0 Å². The van der Waals surface area contributed by atoms with E-state index >= 15 is 0 Å². The molecule has 2 rings (SSSR count). The number of carbonyl (C=O) groups is 1. The highest BCUT2D eigenvalue weighted by molar-refractivity contribution is 7.09. The summed E-state index contributed by atoms with van der Waals surface area (Å²) in [5.74, 6) is -0.110. The van der Waals surface area contributed by atoms with E-state index in [-0.39, 0.29) is 5.91 Å². The molecule has 0 fully saturated rings. The van der Waals surface area contributed by atoms with Crippen molar-refractivity contribution in [3.05, 3.63) is 52.0 Å². The van der Waals surface area contributed by atoms with Crippen LogP contribution in [0.25, 0.3) is 0 Å². The highest BCUT2D eigenvalue weighted by atomic mass is 32.1. The zero-order valence-corrected chi connectivity index (χ0v) is 12.3. The van der Waals surface area contributed by atoms with Crippen LogP contribution in [0.2, 0.25) is 0 Å². The molecule has 0 spiro atoms. The molecule has 0 aliphatic rings. The van der Waals surface area contributed by atoms with E-state index < -0.39 is 6.04 Å². The van der Waals surface area contributed by atoms with Gasteiger partial charge in [0.15, 0.2) is 0 Å². The highest BCUT2D eigenvalue weighted by Crippen LogP contribution is 2.07. The summed E-state index contributed by atoms with van der Waals surface area (Å²) in [6.07, 6.45) is 1.30. The molecule has 3 N–H and O–H groups in total. The van der Waals surface area contributed by atoms with E-state index in [2.05, 4.69) is 10.3 Å². The van der Waals surface area contributed by atoms with Crippen molar-refractivity contribution >= 4 is 17.2 Å². The predicted octanol–water partition coefficient (Wildman–Crippen LogP) is 1.68. The van der Waals surface area contributed by atoms with Gasteiger partial charge in [0.05, 0.1) is 16.7 Å². The largest absolute Gasteiger partial charge is 0.354 e. The maximum Gasteiger partial charge on any atom is 0.237 e. The fourth-order valence-electron chi connectivity index (χ4n) is 1.93. The molecular weight excluding hydrogens is 270 g/mol. The Morgan fingerprint density at radius 2 is 2.15 bits per heavy atom. The number of rotatable bonds is 6. The average Bonchev–Trinajstić information content (AvgIpc) is 2.85. The van der Waals surface area contributed by atoms with Gasteiger partial charge in [-0.1, -0.05) is 30.3 Å². The van der Waals surface area contributed by atoms with E-state index in [1.807, 2.05) is 42.6 Å². The summed E-state index contributed by atoms with van der Waals surface area (Å²) >= 11 is 1.62. The summed E-state index contributed by atoms with van der Waals surface area (Å²) in [5.41, 5.74) is 8.00. The number of carbonyl (C=O) groups excluding carboxylic acids is 1. The van der Waals surface area contributed by atoms with Gasteiger partial charge < -0.3 is 11.1 Å². The summed E-state index contributed by atoms with van der Waals surface area (Å²) in [6.45, 7) is 2.55. The van der Waals surface area contributed by atoms with Crippen LogP contribution in [-0.4, -0.2) is 23.5 Å². The van der Waals surface area contributed by atoms with Crippen molar-refractivity contribution in [2.45, 2.75) is 25.8 Å². The van der Waals surface area contributed by atoms with E-state index in [0.29, 0.717) is 13.0 Å². The van der Waals surface area contributed by atoms with Gasteiger partial charge in [0.2, 0.25) is 5.91 Å². The second kappa shape index (κ2) is 7.17. The molecule has 1 atom stereocenters. The minimum Gasteiger partial charge on any atom is -0.354 e. The number of nitrogens with zero attached hydrogens (tertiary/aromatic N) is 1. The second-order valence-electron chi connectivity index (χ2n) is 4.70. The number of hydrogen-bond acceptors (Lipinski definition) is 4. The molecule has 0 radical (unpaired) electrons. The summed E-state index contributed by atoms with van der Waals surface area (Å²) in [7, 11) is 0.